The van der Waals surface area contributed by atoms with Crippen molar-refractivity contribution in [3.05, 3.63) is 59.2 Å². The normalized spacial score (nSPS) is 20.4. The summed E-state index contributed by atoms with van der Waals surface area (Å²) >= 11 is 0. The van der Waals surface area contributed by atoms with Crippen LogP contribution in [0.15, 0.2) is 42.5 Å². The number of rotatable bonds is 4. The summed E-state index contributed by atoms with van der Waals surface area (Å²) < 4.78 is 11.0. The van der Waals surface area contributed by atoms with E-state index in [0.29, 0.717) is 31.0 Å². The highest BCUT2D eigenvalue weighted by atomic mass is 16.5. The third-order valence-corrected chi connectivity index (χ3v) is 6.54. The average Bonchev–Trinajstić information content (AvgIpc) is 3.30. The van der Waals surface area contributed by atoms with Crippen LogP contribution in [0, 0.1) is 0 Å². The predicted octanol–water partition coefficient (Wildman–Crippen LogP) is 3.58. The Morgan fingerprint density at radius 3 is 2.32 bits per heavy atom. The smallest absolute Gasteiger partial charge is 0.312 e. The van der Waals surface area contributed by atoms with Gasteiger partial charge in [0.2, 0.25) is 0 Å². The quantitative estimate of drug-likeness (QED) is 0.707. The third-order valence-electron chi connectivity index (χ3n) is 6.54. The monoisotopic (exact) mass is 422 g/mol. The molecule has 1 saturated heterocycles. The Bertz CT molecular complexity index is 959. The molecule has 4 rings (SSSR count). The molecule has 2 aliphatic rings. The van der Waals surface area contributed by atoms with E-state index in [4.69, 9.17) is 9.47 Å². The van der Waals surface area contributed by atoms with Crippen molar-refractivity contribution in [1.82, 2.24) is 9.80 Å². The molecule has 31 heavy (non-hydrogen) atoms. The minimum atomic E-state index is -0.422. The van der Waals surface area contributed by atoms with Crippen molar-refractivity contribution < 1.29 is 19.1 Å². The first-order chi connectivity index (χ1) is 15.1. The molecular formula is C25H30N2O4. The van der Waals surface area contributed by atoms with Crippen molar-refractivity contribution in [2.24, 2.45) is 0 Å². The number of ether oxygens (including phenoxy) is 2. The molecule has 0 aliphatic carbocycles. The largest absolute Gasteiger partial charge is 0.493 e. The van der Waals surface area contributed by atoms with Crippen molar-refractivity contribution in [3.63, 3.8) is 0 Å². The zero-order valence-corrected chi connectivity index (χ0v) is 18.5. The van der Waals surface area contributed by atoms with Gasteiger partial charge in [-0.3, -0.25) is 9.59 Å². The summed E-state index contributed by atoms with van der Waals surface area (Å²) in [5.74, 6) is 0.490. The van der Waals surface area contributed by atoms with Gasteiger partial charge in [-0.2, -0.15) is 0 Å². The van der Waals surface area contributed by atoms with E-state index in [1.54, 1.807) is 24.0 Å². The number of benzene rings is 2. The fourth-order valence-corrected chi connectivity index (χ4v) is 4.93. The Morgan fingerprint density at radius 1 is 0.968 bits per heavy atom. The highest BCUT2D eigenvalue weighted by Gasteiger charge is 2.39. The van der Waals surface area contributed by atoms with Crippen LogP contribution in [0.2, 0.25) is 0 Å². The lowest BCUT2D eigenvalue weighted by atomic mass is 9.87. The fraction of sp³-hybridized carbons (Fsp3) is 0.440. The van der Waals surface area contributed by atoms with Gasteiger partial charge in [-0.05, 0) is 54.5 Å². The van der Waals surface area contributed by atoms with Gasteiger partial charge in [0.05, 0.1) is 20.3 Å². The van der Waals surface area contributed by atoms with E-state index in [1.807, 2.05) is 42.5 Å². The minimum Gasteiger partial charge on any atom is -0.493 e. The van der Waals surface area contributed by atoms with Gasteiger partial charge in [-0.1, -0.05) is 37.3 Å². The van der Waals surface area contributed by atoms with Crippen LogP contribution in [0.1, 0.15) is 48.9 Å². The van der Waals surface area contributed by atoms with Crippen LogP contribution in [0.4, 0.5) is 0 Å². The number of amides is 2. The molecule has 0 aromatic heterocycles. The summed E-state index contributed by atoms with van der Waals surface area (Å²) in [7, 11) is 3.23. The van der Waals surface area contributed by atoms with E-state index in [0.717, 1.165) is 36.0 Å². The second-order valence-corrected chi connectivity index (χ2v) is 8.17. The number of nitrogens with zero attached hydrogens (tertiary/aromatic N) is 2. The number of carbonyl (C=O) groups excluding carboxylic acids is 2. The van der Waals surface area contributed by atoms with Gasteiger partial charge in [0.25, 0.3) is 0 Å². The molecular weight excluding hydrogens is 392 g/mol. The maximum Gasteiger partial charge on any atom is 0.312 e. The van der Waals surface area contributed by atoms with Crippen LogP contribution >= 0.6 is 0 Å². The van der Waals surface area contributed by atoms with Crippen LogP contribution in [-0.4, -0.2) is 55.0 Å². The molecule has 1 fully saturated rings. The van der Waals surface area contributed by atoms with Crippen molar-refractivity contribution in [1.29, 1.82) is 0 Å². The second kappa shape index (κ2) is 9.00. The highest BCUT2D eigenvalue weighted by molar-refractivity contribution is 6.35. The lowest BCUT2D eigenvalue weighted by Gasteiger charge is -2.38. The number of hydrogen-bond donors (Lipinski definition) is 0. The Morgan fingerprint density at radius 2 is 1.65 bits per heavy atom. The van der Waals surface area contributed by atoms with E-state index in [1.165, 1.54) is 0 Å². The van der Waals surface area contributed by atoms with E-state index in [2.05, 4.69) is 6.92 Å². The Kier molecular flexibility index (Phi) is 6.16. The number of hydrogen-bond acceptors (Lipinski definition) is 4. The van der Waals surface area contributed by atoms with Gasteiger partial charge in [0.1, 0.15) is 0 Å². The van der Waals surface area contributed by atoms with Gasteiger partial charge in [-0.15, -0.1) is 0 Å². The topological polar surface area (TPSA) is 59.1 Å². The standard InChI is InChI=1S/C25H30N2O4/c1-4-19-11-8-13-26(19)24(28)25(29)27-14-12-18-15-21(30-2)22(31-3)16-20(18)23(27)17-9-6-5-7-10-17/h5-7,9-10,15-16,19,23H,4,8,11-14H2,1-3H3. The number of fused-ring (bicyclic) bond motifs is 1. The molecule has 2 aliphatic heterocycles. The molecule has 0 saturated carbocycles. The first-order valence-electron chi connectivity index (χ1n) is 11.0. The van der Waals surface area contributed by atoms with Crippen LogP contribution in [-0.2, 0) is 16.0 Å². The van der Waals surface area contributed by atoms with E-state index < -0.39 is 5.91 Å². The Balaban J connectivity index is 1.75. The highest BCUT2D eigenvalue weighted by Crippen LogP contribution is 2.41. The van der Waals surface area contributed by atoms with Crippen molar-refractivity contribution in [2.45, 2.75) is 44.7 Å². The first-order valence-corrected chi connectivity index (χ1v) is 11.0. The van der Waals surface area contributed by atoms with Gasteiger partial charge >= 0.3 is 11.8 Å². The van der Waals surface area contributed by atoms with Gasteiger partial charge in [-0.25, -0.2) is 0 Å². The summed E-state index contributed by atoms with van der Waals surface area (Å²) in [4.78, 5) is 30.2. The predicted molar refractivity (Wildman–Crippen MR) is 118 cm³/mol. The molecule has 2 heterocycles. The maximum atomic E-state index is 13.5. The van der Waals surface area contributed by atoms with Crippen LogP contribution < -0.4 is 9.47 Å². The van der Waals surface area contributed by atoms with Gasteiger partial charge in [0, 0.05) is 19.1 Å². The fourth-order valence-electron chi connectivity index (χ4n) is 4.93. The van der Waals surface area contributed by atoms with E-state index in [-0.39, 0.29) is 18.0 Å². The van der Waals surface area contributed by atoms with Crippen molar-refractivity contribution in [2.75, 3.05) is 27.3 Å². The number of carbonyl (C=O) groups is 2. The molecule has 2 aromatic carbocycles. The Hall–Kier alpha value is -3.02. The van der Waals surface area contributed by atoms with Crippen molar-refractivity contribution >= 4 is 11.8 Å². The Labute approximate surface area is 183 Å². The molecule has 0 radical (unpaired) electrons. The molecule has 6 nitrogen and oxygen atoms in total. The summed E-state index contributed by atoms with van der Waals surface area (Å²) in [6.45, 7) is 3.22. The molecule has 6 heteroatoms. The molecule has 2 unspecified atom stereocenters. The van der Waals surface area contributed by atoms with Crippen LogP contribution in [0.3, 0.4) is 0 Å². The summed E-state index contributed by atoms with van der Waals surface area (Å²) in [5, 5.41) is 0. The van der Waals surface area contributed by atoms with E-state index in [9.17, 15) is 9.59 Å². The lowest BCUT2D eigenvalue weighted by molar-refractivity contribution is -0.153. The van der Waals surface area contributed by atoms with Crippen LogP contribution in [0.5, 0.6) is 11.5 Å². The molecule has 0 N–H and O–H groups in total. The van der Waals surface area contributed by atoms with Crippen molar-refractivity contribution in [3.8, 4) is 11.5 Å². The summed E-state index contributed by atoms with van der Waals surface area (Å²) in [5.41, 5.74) is 3.06. The lowest BCUT2D eigenvalue weighted by Crippen LogP contribution is -2.50. The summed E-state index contributed by atoms with van der Waals surface area (Å²) in [6.07, 6.45) is 3.47. The van der Waals surface area contributed by atoms with E-state index >= 15 is 0 Å². The zero-order valence-electron chi connectivity index (χ0n) is 18.5. The molecule has 2 amide bonds. The number of methoxy groups -OCH3 is 2. The molecule has 2 aromatic rings. The summed E-state index contributed by atoms with van der Waals surface area (Å²) in [6, 6.07) is 13.6. The first kappa shape index (κ1) is 21.2. The number of likely N-dealkylation sites (tertiary alicyclic amines) is 1. The molecule has 0 spiro atoms. The average molecular weight is 423 g/mol. The molecule has 2 atom stereocenters. The SMILES string of the molecule is CCC1CCCN1C(=O)C(=O)N1CCc2cc(OC)c(OC)cc2C1c1ccccc1. The van der Waals surface area contributed by atoms with Crippen LogP contribution in [0.25, 0.3) is 0 Å². The second-order valence-electron chi connectivity index (χ2n) is 8.17. The van der Waals surface area contributed by atoms with Gasteiger partial charge < -0.3 is 19.3 Å². The van der Waals surface area contributed by atoms with Gasteiger partial charge in [0.15, 0.2) is 11.5 Å². The zero-order chi connectivity index (χ0) is 22.0. The molecule has 0 bridgehead atoms. The molecule has 164 valence electrons. The third kappa shape index (κ3) is 3.87. The maximum absolute atomic E-state index is 13.5. The minimum absolute atomic E-state index is 0.160.